The van der Waals surface area contributed by atoms with Gasteiger partial charge in [-0.2, -0.15) is 0 Å². The molecular formula is C31H30F2N2O2. The summed E-state index contributed by atoms with van der Waals surface area (Å²) in [5.74, 6) is 0.192. The lowest BCUT2D eigenvalue weighted by Crippen LogP contribution is -2.48. The fraction of sp³-hybridized carbons (Fsp3) is 0.323. The molecular weight excluding hydrogens is 470 g/mol. The van der Waals surface area contributed by atoms with Gasteiger partial charge in [-0.1, -0.05) is 59.3 Å². The van der Waals surface area contributed by atoms with E-state index in [1.54, 1.807) is 24.3 Å². The third kappa shape index (κ3) is 4.72. The van der Waals surface area contributed by atoms with Crippen LogP contribution in [-0.4, -0.2) is 35.3 Å². The molecule has 3 aromatic carbocycles. The van der Waals surface area contributed by atoms with Gasteiger partial charge < -0.3 is 9.26 Å². The SMILES string of the molecule is Cc1ccc(-c2cc([C@@H]3C4CCC(C[C@@H]3OC(c3ccc(F)cc3)c3ccc(F)cc3)N4C)on2)cc1. The van der Waals surface area contributed by atoms with Gasteiger partial charge in [-0.3, -0.25) is 4.90 Å². The van der Waals surface area contributed by atoms with Crippen molar-refractivity contribution in [1.29, 1.82) is 0 Å². The first-order valence-corrected chi connectivity index (χ1v) is 12.9. The number of piperidine rings is 1. The number of rotatable bonds is 6. The normalized spacial score (nSPS) is 23.6. The molecule has 1 aromatic heterocycles. The van der Waals surface area contributed by atoms with E-state index in [1.165, 1.54) is 29.8 Å². The quantitative estimate of drug-likeness (QED) is 0.284. The van der Waals surface area contributed by atoms with Gasteiger partial charge in [0.15, 0.2) is 0 Å². The molecule has 190 valence electrons. The van der Waals surface area contributed by atoms with Gasteiger partial charge >= 0.3 is 0 Å². The Bertz CT molecular complexity index is 1310. The molecule has 0 amide bonds. The topological polar surface area (TPSA) is 38.5 Å². The molecule has 0 saturated carbocycles. The lowest BCUT2D eigenvalue weighted by Gasteiger charge is -2.43. The highest BCUT2D eigenvalue weighted by molar-refractivity contribution is 5.59. The monoisotopic (exact) mass is 500 g/mol. The Morgan fingerprint density at radius 1 is 0.892 bits per heavy atom. The van der Waals surface area contributed by atoms with E-state index in [4.69, 9.17) is 9.26 Å². The number of aromatic nitrogens is 1. The number of nitrogens with zero attached hydrogens (tertiary/aromatic N) is 2. The van der Waals surface area contributed by atoms with E-state index in [-0.39, 0.29) is 29.7 Å². The van der Waals surface area contributed by atoms with E-state index in [9.17, 15) is 8.78 Å². The molecule has 0 N–H and O–H groups in total. The first-order chi connectivity index (χ1) is 18.0. The van der Waals surface area contributed by atoms with Crippen LogP contribution >= 0.6 is 0 Å². The minimum Gasteiger partial charge on any atom is -0.365 e. The summed E-state index contributed by atoms with van der Waals surface area (Å²) in [5.41, 5.74) is 4.68. The molecule has 37 heavy (non-hydrogen) atoms. The van der Waals surface area contributed by atoms with Crippen molar-refractivity contribution in [3.05, 3.63) is 113 Å². The van der Waals surface area contributed by atoms with Crippen molar-refractivity contribution >= 4 is 0 Å². The highest BCUT2D eigenvalue weighted by Crippen LogP contribution is 2.47. The number of benzene rings is 3. The molecule has 0 aliphatic carbocycles. The molecule has 4 atom stereocenters. The largest absolute Gasteiger partial charge is 0.365 e. The van der Waals surface area contributed by atoms with Crippen LogP contribution in [0.2, 0.25) is 0 Å². The van der Waals surface area contributed by atoms with Gasteiger partial charge in [0.2, 0.25) is 0 Å². The molecule has 2 unspecified atom stereocenters. The molecule has 3 heterocycles. The van der Waals surface area contributed by atoms with E-state index in [1.807, 2.05) is 6.07 Å². The van der Waals surface area contributed by atoms with Crippen LogP contribution < -0.4 is 0 Å². The Kier molecular flexibility index (Phi) is 6.39. The zero-order valence-corrected chi connectivity index (χ0v) is 21.0. The van der Waals surface area contributed by atoms with Gasteiger partial charge in [-0.15, -0.1) is 0 Å². The van der Waals surface area contributed by atoms with Crippen molar-refractivity contribution in [2.75, 3.05) is 7.05 Å². The van der Waals surface area contributed by atoms with Crippen LogP contribution in [0.25, 0.3) is 11.3 Å². The lowest BCUT2D eigenvalue weighted by molar-refractivity contribution is -0.0631. The van der Waals surface area contributed by atoms with E-state index < -0.39 is 6.10 Å². The summed E-state index contributed by atoms with van der Waals surface area (Å²) in [6.45, 7) is 2.06. The fourth-order valence-electron chi connectivity index (χ4n) is 6.04. The maximum absolute atomic E-state index is 13.8. The summed E-state index contributed by atoms with van der Waals surface area (Å²) in [5, 5.41) is 4.42. The third-order valence-electron chi connectivity index (χ3n) is 8.07. The van der Waals surface area contributed by atoms with E-state index in [0.29, 0.717) is 6.04 Å². The van der Waals surface area contributed by atoms with Crippen molar-refractivity contribution in [1.82, 2.24) is 10.1 Å². The number of halogens is 2. The Hall–Kier alpha value is -3.35. The van der Waals surface area contributed by atoms with Crippen molar-refractivity contribution in [3.63, 3.8) is 0 Å². The maximum Gasteiger partial charge on any atom is 0.144 e. The average molecular weight is 501 g/mol. The molecule has 4 aromatic rings. The van der Waals surface area contributed by atoms with Gasteiger partial charge in [-0.05, 0) is 68.6 Å². The molecule has 2 bridgehead atoms. The second-order valence-electron chi connectivity index (χ2n) is 10.4. The Labute approximate surface area is 215 Å². The maximum atomic E-state index is 13.8. The van der Waals surface area contributed by atoms with Crippen LogP contribution in [0.3, 0.4) is 0 Å². The summed E-state index contributed by atoms with van der Waals surface area (Å²) in [6, 6.07) is 23.7. The highest BCUT2D eigenvalue weighted by Gasteiger charge is 2.49. The zero-order chi connectivity index (χ0) is 25.5. The Balaban J connectivity index is 1.36. The highest BCUT2D eigenvalue weighted by atomic mass is 19.1. The average Bonchev–Trinajstić information content (AvgIpc) is 3.47. The number of hydrogen-bond donors (Lipinski definition) is 0. The summed E-state index contributed by atoms with van der Waals surface area (Å²) in [4.78, 5) is 2.45. The van der Waals surface area contributed by atoms with Crippen molar-refractivity contribution < 1.29 is 18.0 Å². The molecule has 2 aliphatic rings. The summed E-state index contributed by atoms with van der Waals surface area (Å²) in [6.07, 6.45) is 2.40. The second kappa shape index (κ2) is 9.84. The third-order valence-corrected chi connectivity index (χ3v) is 8.07. The number of likely N-dealkylation sites (N-methyl/N-ethyl adjacent to an activating group) is 1. The van der Waals surface area contributed by atoms with Crippen molar-refractivity contribution in [3.8, 4) is 11.3 Å². The standard InChI is InChI=1S/C31H30F2N2O2/c1-19-3-5-20(6-4-19)26-18-29(37-34-26)30-27-16-15-25(35(27)2)17-28(30)36-31(21-7-11-23(32)12-8-21)22-9-13-24(33)14-10-22/h3-14,18,25,27-28,30-31H,15-17H2,1-2H3/t25?,27?,28-,30+/m0/s1. The smallest absolute Gasteiger partial charge is 0.144 e. The summed E-state index contributed by atoms with van der Waals surface area (Å²) >= 11 is 0. The first kappa shape index (κ1) is 24.0. The second-order valence-corrected chi connectivity index (χ2v) is 10.4. The van der Waals surface area contributed by atoms with Crippen molar-refractivity contribution in [2.45, 2.75) is 56.4 Å². The molecule has 0 radical (unpaired) electrons. The molecule has 2 fully saturated rings. The summed E-state index contributed by atoms with van der Waals surface area (Å²) < 4.78 is 40.4. The van der Waals surface area contributed by atoms with E-state index >= 15 is 0 Å². The zero-order valence-electron chi connectivity index (χ0n) is 21.0. The predicted molar refractivity (Wildman–Crippen MR) is 138 cm³/mol. The van der Waals surface area contributed by atoms with Gasteiger partial charge in [0, 0.05) is 23.7 Å². The van der Waals surface area contributed by atoms with Crippen LogP contribution in [0.4, 0.5) is 8.78 Å². The number of ether oxygens (including phenoxy) is 1. The van der Waals surface area contributed by atoms with Gasteiger partial charge in [0.25, 0.3) is 0 Å². The minimum atomic E-state index is -0.462. The van der Waals surface area contributed by atoms with Gasteiger partial charge in [0.1, 0.15) is 29.2 Å². The molecule has 0 spiro atoms. The van der Waals surface area contributed by atoms with Crippen LogP contribution in [-0.2, 0) is 4.74 Å². The van der Waals surface area contributed by atoms with Gasteiger partial charge in [-0.25, -0.2) is 8.78 Å². The lowest BCUT2D eigenvalue weighted by atomic mass is 9.85. The molecule has 6 heteroatoms. The molecule has 4 nitrogen and oxygen atoms in total. The van der Waals surface area contributed by atoms with E-state index in [2.05, 4.69) is 48.3 Å². The molecule has 2 saturated heterocycles. The number of hydrogen-bond acceptors (Lipinski definition) is 4. The first-order valence-electron chi connectivity index (χ1n) is 12.9. The van der Waals surface area contributed by atoms with Crippen LogP contribution in [0.1, 0.15) is 53.7 Å². The minimum absolute atomic E-state index is 0.0150. The Morgan fingerprint density at radius 3 is 2.14 bits per heavy atom. The number of fused-ring (bicyclic) bond motifs is 2. The van der Waals surface area contributed by atoms with Crippen LogP contribution in [0, 0.1) is 18.6 Å². The predicted octanol–water partition coefficient (Wildman–Crippen LogP) is 7.05. The van der Waals surface area contributed by atoms with Crippen molar-refractivity contribution in [2.24, 2.45) is 0 Å². The Morgan fingerprint density at radius 2 is 1.51 bits per heavy atom. The number of aryl methyl sites for hydroxylation is 1. The van der Waals surface area contributed by atoms with Crippen LogP contribution in [0.15, 0.2) is 83.4 Å². The molecule has 6 rings (SSSR count). The fourth-order valence-corrected chi connectivity index (χ4v) is 6.04. The molecule has 2 aliphatic heterocycles. The van der Waals surface area contributed by atoms with Crippen LogP contribution in [0.5, 0.6) is 0 Å². The van der Waals surface area contributed by atoms with E-state index in [0.717, 1.165) is 47.4 Å². The summed E-state index contributed by atoms with van der Waals surface area (Å²) in [7, 11) is 2.18. The van der Waals surface area contributed by atoms with Gasteiger partial charge in [0.05, 0.1) is 12.0 Å².